The van der Waals surface area contributed by atoms with E-state index in [1.165, 1.54) is 0 Å². The molecule has 0 unspecified atom stereocenters. The maximum absolute atomic E-state index is 6.07. The lowest BCUT2D eigenvalue weighted by atomic mass is 10.1. The van der Waals surface area contributed by atoms with E-state index >= 15 is 0 Å². The standard InChI is InChI=1S/C19H18BrClN2O/c1-11(2)24-14-5-7-18-15(10-14)19(8-12(3)22-18)23-13-4-6-17(21)16(20)9-13/h4-11H,1-3H3,(H,22,23). The van der Waals surface area contributed by atoms with Crippen molar-refractivity contribution in [3.63, 3.8) is 0 Å². The second kappa shape index (κ2) is 6.99. The smallest absolute Gasteiger partial charge is 0.120 e. The number of hydrogen-bond donors (Lipinski definition) is 1. The van der Waals surface area contributed by atoms with Crippen LogP contribution in [0.15, 0.2) is 46.9 Å². The normalized spacial score (nSPS) is 11.1. The Morgan fingerprint density at radius 3 is 2.62 bits per heavy atom. The number of nitrogens with zero attached hydrogens (tertiary/aromatic N) is 1. The summed E-state index contributed by atoms with van der Waals surface area (Å²) in [6.07, 6.45) is 0.129. The largest absolute Gasteiger partial charge is 0.491 e. The van der Waals surface area contributed by atoms with Crippen molar-refractivity contribution in [2.75, 3.05) is 5.32 Å². The Hall–Kier alpha value is -1.78. The Bertz CT molecular complexity index is 896. The molecule has 0 radical (unpaired) electrons. The fourth-order valence-corrected chi connectivity index (χ4v) is 3.01. The first-order valence-corrected chi connectivity index (χ1v) is 8.89. The highest BCUT2D eigenvalue weighted by Crippen LogP contribution is 2.32. The number of hydrogen-bond acceptors (Lipinski definition) is 3. The number of benzene rings is 2. The number of anilines is 2. The molecular formula is C19H18BrClN2O. The molecule has 0 bridgehead atoms. The van der Waals surface area contributed by atoms with Gasteiger partial charge in [-0.2, -0.15) is 0 Å². The highest BCUT2D eigenvalue weighted by atomic mass is 79.9. The molecule has 0 saturated heterocycles. The van der Waals surface area contributed by atoms with E-state index in [-0.39, 0.29) is 6.10 Å². The number of halogens is 2. The van der Waals surface area contributed by atoms with Crippen molar-refractivity contribution in [1.82, 2.24) is 4.98 Å². The molecule has 1 aromatic heterocycles. The molecule has 2 aromatic carbocycles. The maximum atomic E-state index is 6.07. The lowest BCUT2D eigenvalue weighted by Crippen LogP contribution is -2.05. The van der Waals surface area contributed by atoms with E-state index in [0.29, 0.717) is 5.02 Å². The highest BCUT2D eigenvalue weighted by Gasteiger charge is 2.08. The molecule has 3 rings (SSSR count). The molecule has 0 aliphatic carbocycles. The Morgan fingerprint density at radius 1 is 1.12 bits per heavy atom. The van der Waals surface area contributed by atoms with E-state index in [4.69, 9.17) is 16.3 Å². The van der Waals surface area contributed by atoms with Crippen molar-refractivity contribution < 1.29 is 4.74 Å². The zero-order chi connectivity index (χ0) is 17.3. The van der Waals surface area contributed by atoms with Crippen molar-refractivity contribution in [3.05, 3.63) is 57.7 Å². The molecule has 1 N–H and O–H groups in total. The van der Waals surface area contributed by atoms with Gasteiger partial charge in [-0.3, -0.25) is 4.98 Å². The van der Waals surface area contributed by atoms with Gasteiger partial charge < -0.3 is 10.1 Å². The number of ether oxygens (including phenoxy) is 1. The van der Waals surface area contributed by atoms with Crippen LogP contribution in [-0.2, 0) is 0 Å². The van der Waals surface area contributed by atoms with Gasteiger partial charge in [-0.1, -0.05) is 11.6 Å². The first-order chi connectivity index (χ1) is 11.4. The molecule has 24 heavy (non-hydrogen) atoms. The van der Waals surface area contributed by atoms with Gasteiger partial charge >= 0.3 is 0 Å². The van der Waals surface area contributed by atoms with Crippen LogP contribution in [0.25, 0.3) is 10.9 Å². The monoisotopic (exact) mass is 404 g/mol. The van der Waals surface area contributed by atoms with E-state index in [1.807, 2.05) is 63.2 Å². The molecule has 0 aliphatic heterocycles. The zero-order valence-corrected chi connectivity index (χ0v) is 16.1. The lowest BCUT2D eigenvalue weighted by Gasteiger charge is -2.14. The first kappa shape index (κ1) is 17.1. The van der Waals surface area contributed by atoms with Crippen LogP contribution in [0.4, 0.5) is 11.4 Å². The minimum Gasteiger partial charge on any atom is -0.491 e. The van der Waals surface area contributed by atoms with Crippen LogP contribution in [0, 0.1) is 6.92 Å². The van der Waals surface area contributed by atoms with Gasteiger partial charge in [0.1, 0.15) is 5.75 Å². The van der Waals surface area contributed by atoms with Crippen LogP contribution < -0.4 is 10.1 Å². The molecule has 124 valence electrons. The molecule has 0 fully saturated rings. The van der Waals surface area contributed by atoms with Gasteiger partial charge in [-0.25, -0.2) is 0 Å². The van der Waals surface area contributed by atoms with Crippen LogP contribution in [-0.4, -0.2) is 11.1 Å². The van der Waals surface area contributed by atoms with Crippen molar-refractivity contribution in [2.45, 2.75) is 26.9 Å². The van der Waals surface area contributed by atoms with E-state index in [9.17, 15) is 0 Å². The fraction of sp³-hybridized carbons (Fsp3) is 0.211. The number of pyridine rings is 1. The molecule has 0 atom stereocenters. The van der Waals surface area contributed by atoms with Crippen LogP contribution in [0.3, 0.4) is 0 Å². The van der Waals surface area contributed by atoms with Crippen LogP contribution in [0.5, 0.6) is 5.75 Å². The van der Waals surface area contributed by atoms with Gasteiger partial charge in [0.2, 0.25) is 0 Å². The van der Waals surface area contributed by atoms with E-state index in [1.54, 1.807) is 0 Å². The Morgan fingerprint density at radius 2 is 1.92 bits per heavy atom. The van der Waals surface area contributed by atoms with E-state index < -0.39 is 0 Å². The summed E-state index contributed by atoms with van der Waals surface area (Å²) >= 11 is 9.53. The summed E-state index contributed by atoms with van der Waals surface area (Å²) in [5, 5.41) is 5.15. The molecule has 1 heterocycles. The Labute approximate surface area is 155 Å². The number of fused-ring (bicyclic) bond motifs is 1. The molecule has 5 heteroatoms. The molecule has 0 saturated carbocycles. The van der Waals surface area contributed by atoms with Gasteiger partial charge in [-0.15, -0.1) is 0 Å². The van der Waals surface area contributed by atoms with E-state index in [0.717, 1.165) is 38.2 Å². The fourth-order valence-electron chi connectivity index (χ4n) is 2.52. The summed E-state index contributed by atoms with van der Waals surface area (Å²) in [6, 6.07) is 13.8. The molecule has 0 amide bonds. The van der Waals surface area contributed by atoms with Crippen molar-refractivity contribution in [1.29, 1.82) is 0 Å². The minimum atomic E-state index is 0.129. The number of nitrogens with one attached hydrogen (secondary N) is 1. The second-order valence-electron chi connectivity index (χ2n) is 5.91. The third-order valence-corrected chi connectivity index (χ3v) is 4.69. The lowest BCUT2D eigenvalue weighted by molar-refractivity contribution is 0.243. The summed E-state index contributed by atoms with van der Waals surface area (Å²) in [5.41, 5.74) is 3.83. The number of aromatic nitrogens is 1. The average Bonchev–Trinajstić information content (AvgIpc) is 2.51. The van der Waals surface area contributed by atoms with Gasteiger partial charge in [0.15, 0.2) is 0 Å². The van der Waals surface area contributed by atoms with Crippen molar-refractivity contribution in [3.8, 4) is 5.75 Å². The number of aryl methyl sites for hydroxylation is 1. The summed E-state index contributed by atoms with van der Waals surface area (Å²) in [6.45, 7) is 6.02. The van der Waals surface area contributed by atoms with Crippen LogP contribution in [0.2, 0.25) is 5.02 Å². The topological polar surface area (TPSA) is 34.1 Å². The third-order valence-electron chi connectivity index (χ3n) is 3.48. The number of rotatable bonds is 4. The highest BCUT2D eigenvalue weighted by molar-refractivity contribution is 9.10. The Balaban J connectivity index is 2.05. The van der Waals surface area contributed by atoms with Crippen LogP contribution in [0.1, 0.15) is 19.5 Å². The van der Waals surface area contributed by atoms with Crippen molar-refractivity contribution in [2.24, 2.45) is 0 Å². The molecule has 0 aliphatic rings. The van der Waals surface area contributed by atoms with Crippen molar-refractivity contribution >= 4 is 49.8 Å². The quantitative estimate of drug-likeness (QED) is 0.538. The van der Waals surface area contributed by atoms with Crippen LogP contribution >= 0.6 is 27.5 Å². The van der Waals surface area contributed by atoms with Gasteiger partial charge in [-0.05, 0) is 79.2 Å². The van der Waals surface area contributed by atoms with Gasteiger partial charge in [0.25, 0.3) is 0 Å². The van der Waals surface area contributed by atoms with E-state index in [2.05, 4.69) is 26.2 Å². The molecule has 3 aromatic rings. The minimum absolute atomic E-state index is 0.129. The molecule has 3 nitrogen and oxygen atoms in total. The molecule has 0 spiro atoms. The first-order valence-electron chi connectivity index (χ1n) is 7.72. The maximum Gasteiger partial charge on any atom is 0.120 e. The molecular weight excluding hydrogens is 388 g/mol. The Kier molecular flexibility index (Phi) is 4.97. The second-order valence-corrected chi connectivity index (χ2v) is 7.17. The average molecular weight is 406 g/mol. The SMILES string of the molecule is Cc1cc(Nc2ccc(Cl)c(Br)c2)c2cc(OC(C)C)ccc2n1. The van der Waals surface area contributed by atoms with Gasteiger partial charge in [0, 0.05) is 26.9 Å². The van der Waals surface area contributed by atoms with Gasteiger partial charge in [0.05, 0.1) is 16.6 Å². The summed E-state index contributed by atoms with van der Waals surface area (Å²) in [7, 11) is 0. The summed E-state index contributed by atoms with van der Waals surface area (Å²) in [4.78, 5) is 4.60. The summed E-state index contributed by atoms with van der Waals surface area (Å²) in [5.74, 6) is 0.837. The summed E-state index contributed by atoms with van der Waals surface area (Å²) < 4.78 is 6.67. The predicted octanol–water partition coefficient (Wildman–Crippen LogP) is 6.49. The third kappa shape index (κ3) is 3.82. The predicted molar refractivity (Wildman–Crippen MR) is 105 cm³/mol. The zero-order valence-electron chi connectivity index (χ0n) is 13.7.